The van der Waals surface area contributed by atoms with Crippen molar-refractivity contribution in [2.75, 3.05) is 21.3 Å². The van der Waals surface area contributed by atoms with Crippen LogP contribution in [0.3, 0.4) is 0 Å². The number of aromatic amines is 1. The Bertz CT molecular complexity index is 2140. The van der Waals surface area contributed by atoms with E-state index in [9.17, 15) is 0 Å². The predicted molar refractivity (Wildman–Crippen MR) is 180 cm³/mol. The monoisotopic (exact) mass is 617 g/mol. The molecule has 7 aromatic rings. The Hall–Kier alpha value is -5.05. The lowest BCUT2D eigenvalue weighted by molar-refractivity contribution is 0.356. The molecule has 0 unspecified atom stereocenters. The Morgan fingerprint density at radius 3 is 2.36 bits per heavy atom. The zero-order valence-electron chi connectivity index (χ0n) is 25.2. The van der Waals surface area contributed by atoms with Crippen molar-refractivity contribution >= 4 is 44.3 Å². The van der Waals surface area contributed by atoms with Gasteiger partial charge in [-0.05, 0) is 53.4 Å². The Morgan fingerprint density at radius 1 is 0.800 bits per heavy atom. The number of para-hydroxylation sites is 1. The molecule has 0 radical (unpaired) electrons. The van der Waals surface area contributed by atoms with Crippen LogP contribution in [0.15, 0.2) is 91.0 Å². The lowest BCUT2D eigenvalue weighted by Crippen LogP contribution is -2.14. The Morgan fingerprint density at radius 2 is 1.58 bits per heavy atom. The average Bonchev–Trinajstić information content (AvgIpc) is 3.64. The SMILES string of the molecule is COc1cccc(Cn2nc(CNCc3cc4ccccc4[nH]3)c3c4cc(OC)c(OC)cc4c(-c4ccccc4Cl)nc32)c1. The molecule has 226 valence electrons. The van der Waals surface area contributed by atoms with Gasteiger partial charge in [0.2, 0.25) is 0 Å². The van der Waals surface area contributed by atoms with Gasteiger partial charge in [-0.3, -0.25) is 0 Å². The summed E-state index contributed by atoms with van der Waals surface area (Å²) in [6.07, 6.45) is 0. The third-order valence-corrected chi connectivity index (χ3v) is 8.38. The third-order valence-electron chi connectivity index (χ3n) is 8.05. The third kappa shape index (κ3) is 5.43. The number of ether oxygens (including phenoxy) is 3. The van der Waals surface area contributed by atoms with Crippen LogP contribution in [0, 0.1) is 0 Å². The lowest BCUT2D eigenvalue weighted by Gasteiger charge is -2.14. The number of hydrogen-bond acceptors (Lipinski definition) is 6. The minimum atomic E-state index is 0.503. The Labute approximate surface area is 265 Å². The molecule has 0 saturated heterocycles. The number of pyridine rings is 1. The van der Waals surface area contributed by atoms with E-state index in [4.69, 9.17) is 35.9 Å². The fraction of sp³-hybridized carbons (Fsp3) is 0.167. The molecule has 7 rings (SSSR count). The minimum absolute atomic E-state index is 0.503. The van der Waals surface area contributed by atoms with Crippen molar-refractivity contribution in [3.8, 4) is 28.5 Å². The summed E-state index contributed by atoms with van der Waals surface area (Å²) in [4.78, 5) is 8.77. The van der Waals surface area contributed by atoms with E-state index >= 15 is 0 Å². The van der Waals surface area contributed by atoms with Crippen molar-refractivity contribution in [1.82, 2.24) is 25.1 Å². The molecule has 0 fully saturated rings. The van der Waals surface area contributed by atoms with Crippen molar-refractivity contribution < 1.29 is 14.2 Å². The van der Waals surface area contributed by atoms with Gasteiger partial charge in [0.15, 0.2) is 17.1 Å². The summed E-state index contributed by atoms with van der Waals surface area (Å²) in [7, 11) is 4.95. The van der Waals surface area contributed by atoms with Gasteiger partial charge < -0.3 is 24.5 Å². The second-order valence-electron chi connectivity index (χ2n) is 10.8. The highest BCUT2D eigenvalue weighted by atomic mass is 35.5. The van der Waals surface area contributed by atoms with Crippen LogP contribution < -0.4 is 19.5 Å². The molecule has 2 N–H and O–H groups in total. The van der Waals surface area contributed by atoms with Gasteiger partial charge in [-0.25, -0.2) is 9.67 Å². The first-order valence-corrected chi connectivity index (χ1v) is 15.0. The van der Waals surface area contributed by atoms with Gasteiger partial charge in [0, 0.05) is 45.7 Å². The van der Waals surface area contributed by atoms with Gasteiger partial charge in [0.1, 0.15) is 5.75 Å². The van der Waals surface area contributed by atoms with Crippen molar-refractivity contribution in [3.63, 3.8) is 0 Å². The van der Waals surface area contributed by atoms with Crippen LogP contribution >= 0.6 is 11.6 Å². The van der Waals surface area contributed by atoms with E-state index in [-0.39, 0.29) is 0 Å². The van der Waals surface area contributed by atoms with Crippen molar-refractivity contribution in [2.24, 2.45) is 0 Å². The van der Waals surface area contributed by atoms with Gasteiger partial charge in [-0.1, -0.05) is 60.1 Å². The highest BCUT2D eigenvalue weighted by Gasteiger charge is 2.22. The average molecular weight is 618 g/mol. The second-order valence-corrected chi connectivity index (χ2v) is 11.2. The molecule has 0 spiro atoms. The number of H-pyrrole nitrogens is 1. The molecule has 8 nitrogen and oxygen atoms in total. The van der Waals surface area contributed by atoms with Crippen molar-refractivity contribution in [2.45, 2.75) is 19.6 Å². The number of aromatic nitrogens is 4. The molecular formula is C36H32ClN5O3. The summed E-state index contributed by atoms with van der Waals surface area (Å²) in [5, 5.41) is 13.3. The van der Waals surface area contributed by atoms with Gasteiger partial charge >= 0.3 is 0 Å². The maximum absolute atomic E-state index is 6.76. The number of rotatable bonds is 10. The van der Waals surface area contributed by atoms with Gasteiger partial charge in [-0.2, -0.15) is 5.10 Å². The highest BCUT2D eigenvalue weighted by molar-refractivity contribution is 6.33. The first-order chi connectivity index (χ1) is 22.1. The van der Waals surface area contributed by atoms with E-state index in [0.717, 1.165) is 61.3 Å². The molecule has 0 atom stereocenters. The molecule has 0 amide bonds. The maximum Gasteiger partial charge on any atom is 0.161 e. The first-order valence-electron chi connectivity index (χ1n) is 14.7. The number of nitrogens with zero attached hydrogens (tertiary/aromatic N) is 3. The van der Waals surface area contributed by atoms with E-state index in [2.05, 4.69) is 34.6 Å². The Balaban J connectivity index is 1.40. The number of halogens is 1. The molecule has 0 bridgehead atoms. The van der Waals surface area contributed by atoms with Crippen LogP contribution in [-0.4, -0.2) is 41.1 Å². The molecule has 45 heavy (non-hydrogen) atoms. The Kier molecular flexibility index (Phi) is 7.75. The quantitative estimate of drug-likeness (QED) is 0.163. The molecule has 3 heterocycles. The molecular weight excluding hydrogens is 586 g/mol. The van der Waals surface area contributed by atoms with Crippen molar-refractivity contribution in [1.29, 1.82) is 0 Å². The summed E-state index contributed by atoms with van der Waals surface area (Å²) < 4.78 is 18.9. The fourth-order valence-corrected chi connectivity index (χ4v) is 6.14. The van der Waals surface area contributed by atoms with E-state index in [1.165, 1.54) is 5.39 Å². The molecule has 0 aliphatic rings. The lowest BCUT2D eigenvalue weighted by atomic mass is 10.00. The van der Waals surface area contributed by atoms with Crippen LogP contribution in [0.2, 0.25) is 5.02 Å². The summed E-state index contributed by atoms with van der Waals surface area (Å²) in [5.74, 6) is 2.03. The van der Waals surface area contributed by atoms with Crippen LogP contribution in [0.1, 0.15) is 17.0 Å². The molecule has 3 aromatic heterocycles. The molecule has 0 aliphatic carbocycles. The van der Waals surface area contributed by atoms with Gasteiger partial charge in [-0.15, -0.1) is 0 Å². The smallest absolute Gasteiger partial charge is 0.161 e. The summed E-state index contributed by atoms with van der Waals surface area (Å²) in [5.41, 5.74) is 6.45. The largest absolute Gasteiger partial charge is 0.497 e. The number of fused-ring (bicyclic) bond motifs is 4. The topological polar surface area (TPSA) is 86.2 Å². The molecule has 0 saturated carbocycles. The van der Waals surface area contributed by atoms with Gasteiger partial charge in [0.25, 0.3) is 0 Å². The zero-order chi connectivity index (χ0) is 30.9. The van der Waals surface area contributed by atoms with E-state index in [1.807, 2.05) is 71.4 Å². The highest BCUT2D eigenvalue weighted by Crippen LogP contribution is 2.42. The standard InChI is InChI=1S/C36H32ClN5O3/c1-43-25-11-8-9-22(15-25)21-42-36-34(31(41-42)20-38-19-24-16-23-10-4-7-14-30(23)39-24)27-17-32(44-2)33(45-3)18-28(27)35(40-36)26-12-5-6-13-29(26)37/h4-18,38-39H,19-21H2,1-3H3. The summed E-state index contributed by atoms with van der Waals surface area (Å²) in [6, 6.07) is 30.2. The normalized spacial score (nSPS) is 11.5. The number of nitrogens with one attached hydrogen (secondary N) is 2. The number of hydrogen-bond donors (Lipinski definition) is 2. The molecule has 4 aromatic carbocycles. The first kappa shape index (κ1) is 28.7. The van der Waals surface area contributed by atoms with E-state index < -0.39 is 0 Å². The van der Waals surface area contributed by atoms with Crippen LogP contribution in [0.5, 0.6) is 17.2 Å². The van der Waals surface area contributed by atoms with Gasteiger partial charge in [0.05, 0.1) is 44.6 Å². The van der Waals surface area contributed by atoms with Crippen LogP contribution in [0.25, 0.3) is 44.0 Å². The molecule has 0 aliphatic heterocycles. The second kappa shape index (κ2) is 12.1. The van der Waals surface area contributed by atoms with Crippen molar-refractivity contribution in [3.05, 3.63) is 113 Å². The van der Waals surface area contributed by atoms with Crippen LogP contribution in [-0.2, 0) is 19.6 Å². The number of benzene rings is 4. The van der Waals surface area contributed by atoms with Crippen LogP contribution in [0.4, 0.5) is 0 Å². The number of methoxy groups -OCH3 is 3. The minimum Gasteiger partial charge on any atom is -0.497 e. The van der Waals surface area contributed by atoms with E-state index in [1.54, 1.807) is 21.3 Å². The van der Waals surface area contributed by atoms with E-state index in [0.29, 0.717) is 36.2 Å². The summed E-state index contributed by atoms with van der Waals surface area (Å²) in [6.45, 7) is 1.68. The zero-order valence-corrected chi connectivity index (χ0v) is 26.0. The summed E-state index contributed by atoms with van der Waals surface area (Å²) >= 11 is 6.76. The fourth-order valence-electron chi connectivity index (χ4n) is 5.92. The maximum atomic E-state index is 6.76. The molecule has 9 heteroatoms. The predicted octanol–water partition coefficient (Wildman–Crippen LogP) is 7.75.